The second-order valence-electron chi connectivity index (χ2n) is 4.35. The SMILES string of the molecule is Cc1ccc(OCCc2ncc(C(N)=S)s2)c(C)c1. The highest BCUT2D eigenvalue weighted by molar-refractivity contribution is 7.81. The number of hydrogen-bond acceptors (Lipinski definition) is 4. The van der Waals surface area contributed by atoms with Crippen LogP contribution in [0.25, 0.3) is 0 Å². The van der Waals surface area contributed by atoms with Gasteiger partial charge in [0, 0.05) is 12.6 Å². The predicted molar refractivity (Wildman–Crippen MR) is 83.1 cm³/mol. The van der Waals surface area contributed by atoms with Crippen LogP contribution in [0, 0.1) is 13.8 Å². The van der Waals surface area contributed by atoms with Crippen LogP contribution in [0.4, 0.5) is 0 Å². The van der Waals surface area contributed by atoms with Crippen molar-refractivity contribution in [1.29, 1.82) is 0 Å². The summed E-state index contributed by atoms with van der Waals surface area (Å²) in [5.74, 6) is 0.928. The summed E-state index contributed by atoms with van der Waals surface area (Å²) in [6.45, 7) is 4.73. The highest BCUT2D eigenvalue weighted by atomic mass is 32.1. The molecule has 0 amide bonds. The third kappa shape index (κ3) is 3.75. The normalized spacial score (nSPS) is 10.4. The highest BCUT2D eigenvalue weighted by Crippen LogP contribution is 2.19. The maximum absolute atomic E-state index is 5.77. The number of benzene rings is 1. The van der Waals surface area contributed by atoms with Crippen molar-refractivity contribution in [2.45, 2.75) is 20.3 Å². The van der Waals surface area contributed by atoms with Crippen LogP contribution in [0.5, 0.6) is 5.75 Å². The molecule has 1 aromatic carbocycles. The average Bonchev–Trinajstić information content (AvgIpc) is 2.81. The molecule has 2 rings (SSSR count). The summed E-state index contributed by atoms with van der Waals surface area (Å²) in [5, 5.41) is 0.993. The van der Waals surface area contributed by atoms with Crippen LogP contribution >= 0.6 is 23.6 Å². The van der Waals surface area contributed by atoms with E-state index in [-0.39, 0.29) is 0 Å². The molecule has 0 atom stereocenters. The van der Waals surface area contributed by atoms with Gasteiger partial charge in [-0.1, -0.05) is 29.9 Å². The first-order valence-corrected chi connectivity index (χ1v) is 7.23. The van der Waals surface area contributed by atoms with Crippen LogP contribution in [-0.2, 0) is 6.42 Å². The molecular weight excluding hydrogens is 276 g/mol. The van der Waals surface area contributed by atoms with Crippen LogP contribution in [0.3, 0.4) is 0 Å². The minimum Gasteiger partial charge on any atom is -0.493 e. The van der Waals surface area contributed by atoms with Gasteiger partial charge in [-0.05, 0) is 25.5 Å². The van der Waals surface area contributed by atoms with Gasteiger partial charge in [-0.3, -0.25) is 0 Å². The quantitative estimate of drug-likeness (QED) is 0.861. The summed E-state index contributed by atoms with van der Waals surface area (Å²) in [7, 11) is 0. The summed E-state index contributed by atoms with van der Waals surface area (Å²) in [4.78, 5) is 5.54. The maximum atomic E-state index is 5.77. The monoisotopic (exact) mass is 292 g/mol. The van der Waals surface area contributed by atoms with Crippen LogP contribution in [0.2, 0.25) is 0 Å². The fourth-order valence-electron chi connectivity index (χ4n) is 1.75. The molecular formula is C14H16N2OS2. The van der Waals surface area contributed by atoms with E-state index in [4.69, 9.17) is 22.7 Å². The van der Waals surface area contributed by atoms with Gasteiger partial charge in [0.25, 0.3) is 0 Å². The molecule has 0 aliphatic carbocycles. The Morgan fingerprint density at radius 3 is 2.84 bits per heavy atom. The first kappa shape index (κ1) is 14.0. The van der Waals surface area contributed by atoms with Crippen molar-refractivity contribution in [2.75, 3.05) is 6.61 Å². The van der Waals surface area contributed by atoms with Gasteiger partial charge in [0.2, 0.25) is 0 Å². The molecule has 0 aliphatic rings. The number of rotatable bonds is 5. The van der Waals surface area contributed by atoms with E-state index in [1.807, 2.05) is 6.07 Å². The Morgan fingerprint density at radius 2 is 2.21 bits per heavy atom. The van der Waals surface area contributed by atoms with E-state index in [0.29, 0.717) is 11.6 Å². The fraction of sp³-hybridized carbons (Fsp3) is 0.286. The van der Waals surface area contributed by atoms with Gasteiger partial charge in [-0.25, -0.2) is 4.98 Å². The highest BCUT2D eigenvalue weighted by Gasteiger charge is 2.05. The lowest BCUT2D eigenvalue weighted by molar-refractivity contribution is 0.319. The number of thiazole rings is 1. The second-order valence-corrected chi connectivity index (χ2v) is 5.90. The van der Waals surface area contributed by atoms with Gasteiger partial charge in [0.15, 0.2) is 0 Å². The molecule has 5 heteroatoms. The standard InChI is InChI=1S/C14H16N2OS2/c1-9-3-4-11(10(2)7-9)17-6-5-13-16-8-12(19-13)14(15)18/h3-4,7-8H,5-6H2,1-2H3,(H2,15,18). The van der Waals surface area contributed by atoms with E-state index in [2.05, 4.69) is 31.0 Å². The number of nitrogens with zero attached hydrogens (tertiary/aromatic N) is 1. The van der Waals surface area contributed by atoms with Crippen molar-refractivity contribution in [3.8, 4) is 5.75 Å². The summed E-state index contributed by atoms with van der Waals surface area (Å²) < 4.78 is 5.77. The van der Waals surface area contributed by atoms with Gasteiger partial charge in [-0.2, -0.15) is 0 Å². The minimum absolute atomic E-state index is 0.402. The van der Waals surface area contributed by atoms with Crippen molar-refractivity contribution in [3.63, 3.8) is 0 Å². The zero-order valence-electron chi connectivity index (χ0n) is 11.0. The second kappa shape index (κ2) is 6.12. The van der Waals surface area contributed by atoms with Crippen molar-refractivity contribution < 1.29 is 4.74 Å². The zero-order valence-corrected chi connectivity index (χ0v) is 12.6. The van der Waals surface area contributed by atoms with Crippen LogP contribution in [0.15, 0.2) is 24.4 Å². The molecule has 0 bridgehead atoms. The fourth-order valence-corrected chi connectivity index (χ4v) is 2.68. The van der Waals surface area contributed by atoms with Gasteiger partial charge in [0.05, 0.1) is 16.5 Å². The molecule has 3 nitrogen and oxygen atoms in total. The summed E-state index contributed by atoms with van der Waals surface area (Å²) in [6, 6.07) is 6.17. The van der Waals surface area contributed by atoms with Gasteiger partial charge in [-0.15, -0.1) is 11.3 Å². The largest absolute Gasteiger partial charge is 0.493 e. The topological polar surface area (TPSA) is 48.1 Å². The van der Waals surface area contributed by atoms with E-state index in [1.165, 1.54) is 16.9 Å². The number of ether oxygens (including phenoxy) is 1. The van der Waals surface area contributed by atoms with Crippen LogP contribution in [0.1, 0.15) is 21.0 Å². The molecule has 0 radical (unpaired) electrons. The Hall–Kier alpha value is -1.46. The summed E-state index contributed by atoms with van der Waals surface area (Å²) >= 11 is 6.44. The number of thiocarbonyl (C=S) groups is 1. The van der Waals surface area contributed by atoms with Crippen LogP contribution in [-0.4, -0.2) is 16.6 Å². The van der Waals surface area contributed by atoms with Crippen molar-refractivity contribution in [1.82, 2.24) is 4.98 Å². The molecule has 0 fully saturated rings. The van der Waals surface area contributed by atoms with Gasteiger partial charge >= 0.3 is 0 Å². The molecule has 2 N–H and O–H groups in total. The lowest BCUT2D eigenvalue weighted by Crippen LogP contribution is -2.06. The predicted octanol–water partition coefficient (Wildman–Crippen LogP) is 3.02. The molecule has 19 heavy (non-hydrogen) atoms. The first-order chi connectivity index (χ1) is 9.06. The number of nitrogens with two attached hydrogens (primary N) is 1. The molecule has 0 saturated carbocycles. The first-order valence-electron chi connectivity index (χ1n) is 6.01. The molecule has 0 aliphatic heterocycles. The zero-order chi connectivity index (χ0) is 13.8. The third-order valence-corrected chi connectivity index (χ3v) is 4.14. The molecule has 100 valence electrons. The van der Waals surface area contributed by atoms with Crippen LogP contribution < -0.4 is 10.5 Å². The van der Waals surface area contributed by atoms with Crippen molar-refractivity contribution in [2.24, 2.45) is 5.73 Å². The third-order valence-electron chi connectivity index (χ3n) is 2.70. The van der Waals surface area contributed by atoms with E-state index in [9.17, 15) is 0 Å². The van der Waals surface area contributed by atoms with E-state index in [1.54, 1.807) is 6.20 Å². The van der Waals surface area contributed by atoms with E-state index < -0.39 is 0 Å². The molecule has 1 aromatic heterocycles. The Kier molecular flexibility index (Phi) is 4.50. The van der Waals surface area contributed by atoms with E-state index >= 15 is 0 Å². The number of aryl methyl sites for hydroxylation is 2. The Balaban J connectivity index is 1.90. The molecule has 1 heterocycles. The maximum Gasteiger partial charge on any atom is 0.122 e. The Labute approximate surface area is 122 Å². The number of aromatic nitrogens is 1. The minimum atomic E-state index is 0.402. The molecule has 2 aromatic rings. The number of hydrogen-bond donors (Lipinski definition) is 1. The Bertz CT molecular complexity index is 593. The molecule has 0 spiro atoms. The van der Waals surface area contributed by atoms with Crippen molar-refractivity contribution >= 4 is 28.5 Å². The Morgan fingerprint density at radius 1 is 1.42 bits per heavy atom. The average molecular weight is 292 g/mol. The summed E-state index contributed by atoms with van der Waals surface area (Å²) in [5.41, 5.74) is 7.95. The van der Waals surface area contributed by atoms with E-state index in [0.717, 1.165) is 27.6 Å². The lowest BCUT2D eigenvalue weighted by Gasteiger charge is -2.08. The smallest absolute Gasteiger partial charge is 0.122 e. The summed E-state index contributed by atoms with van der Waals surface area (Å²) in [6.07, 6.45) is 2.49. The van der Waals surface area contributed by atoms with Crippen molar-refractivity contribution in [3.05, 3.63) is 45.4 Å². The lowest BCUT2D eigenvalue weighted by atomic mass is 10.1. The van der Waals surface area contributed by atoms with Gasteiger partial charge < -0.3 is 10.5 Å². The molecule has 0 saturated heterocycles. The van der Waals surface area contributed by atoms with Gasteiger partial charge in [0.1, 0.15) is 10.7 Å². The molecule has 0 unspecified atom stereocenters.